The first-order chi connectivity index (χ1) is 13.4. The molecule has 0 aliphatic carbocycles. The van der Waals surface area contributed by atoms with Crippen molar-refractivity contribution in [3.63, 3.8) is 0 Å². The van der Waals surface area contributed by atoms with Gasteiger partial charge in [0.25, 0.3) is 0 Å². The summed E-state index contributed by atoms with van der Waals surface area (Å²) in [5, 5.41) is 5.16. The summed E-state index contributed by atoms with van der Waals surface area (Å²) in [7, 11) is 1.74. The monoisotopic (exact) mass is 398 g/mol. The molecule has 0 unspecified atom stereocenters. The lowest BCUT2D eigenvalue weighted by atomic mass is 10.2. The van der Waals surface area contributed by atoms with Gasteiger partial charge in [0.2, 0.25) is 11.1 Å². The smallest absolute Gasteiger partial charge is 0.233 e. The van der Waals surface area contributed by atoms with Crippen LogP contribution in [-0.2, 0) is 11.3 Å². The number of halogens is 1. The van der Waals surface area contributed by atoms with E-state index in [1.54, 1.807) is 24.1 Å². The number of amides is 1. The van der Waals surface area contributed by atoms with Crippen molar-refractivity contribution in [1.82, 2.24) is 19.7 Å². The van der Waals surface area contributed by atoms with Crippen molar-refractivity contribution < 1.29 is 9.18 Å². The number of thioether (sulfide) groups is 1. The Morgan fingerprint density at radius 2 is 1.82 bits per heavy atom. The number of benzene rings is 2. The van der Waals surface area contributed by atoms with Crippen molar-refractivity contribution in [2.75, 3.05) is 12.8 Å². The Morgan fingerprint density at radius 1 is 1.14 bits per heavy atom. The topological polar surface area (TPSA) is 51.0 Å². The fourth-order valence-corrected chi connectivity index (χ4v) is 3.46. The SMILES string of the molecule is CC(C)c1nc(SCC(=O)N(C)Cc2ccc(F)cc2)nn1-c1ccccc1. The molecule has 1 aromatic heterocycles. The van der Waals surface area contributed by atoms with Crippen LogP contribution in [0.3, 0.4) is 0 Å². The lowest BCUT2D eigenvalue weighted by Gasteiger charge is -2.16. The second kappa shape index (κ2) is 9.01. The van der Waals surface area contributed by atoms with Crippen molar-refractivity contribution in [3.8, 4) is 5.69 Å². The van der Waals surface area contributed by atoms with E-state index in [0.29, 0.717) is 11.7 Å². The van der Waals surface area contributed by atoms with E-state index < -0.39 is 0 Å². The van der Waals surface area contributed by atoms with Gasteiger partial charge in [-0.3, -0.25) is 4.79 Å². The average molecular weight is 399 g/mol. The lowest BCUT2D eigenvalue weighted by Crippen LogP contribution is -2.27. The van der Waals surface area contributed by atoms with Gasteiger partial charge in [-0.2, -0.15) is 0 Å². The minimum Gasteiger partial charge on any atom is -0.341 e. The molecule has 7 heteroatoms. The van der Waals surface area contributed by atoms with Crippen LogP contribution in [-0.4, -0.2) is 38.4 Å². The molecule has 0 saturated carbocycles. The maximum absolute atomic E-state index is 13.0. The van der Waals surface area contributed by atoms with Crippen LogP contribution in [0, 0.1) is 5.82 Å². The predicted molar refractivity (Wildman–Crippen MR) is 109 cm³/mol. The van der Waals surface area contributed by atoms with Gasteiger partial charge < -0.3 is 4.90 Å². The molecule has 0 aliphatic heterocycles. The largest absolute Gasteiger partial charge is 0.341 e. The highest BCUT2D eigenvalue weighted by molar-refractivity contribution is 7.99. The number of nitrogens with zero attached hydrogens (tertiary/aromatic N) is 4. The van der Waals surface area contributed by atoms with E-state index in [9.17, 15) is 9.18 Å². The fraction of sp³-hybridized carbons (Fsp3) is 0.286. The van der Waals surface area contributed by atoms with Crippen molar-refractivity contribution >= 4 is 17.7 Å². The van der Waals surface area contributed by atoms with Gasteiger partial charge in [-0.1, -0.05) is 55.9 Å². The van der Waals surface area contributed by atoms with Crippen LogP contribution in [0.5, 0.6) is 0 Å². The van der Waals surface area contributed by atoms with E-state index in [2.05, 4.69) is 23.9 Å². The summed E-state index contributed by atoms with van der Waals surface area (Å²) in [6.07, 6.45) is 0. The maximum Gasteiger partial charge on any atom is 0.233 e. The third-order valence-corrected chi connectivity index (χ3v) is 5.04. The van der Waals surface area contributed by atoms with E-state index >= 15 is 0 Å². The second-order valence-electron chi connectivity index (χ2n) is 6.82. The summed E-state index contributed by atoms with van der Waals surface area (Å²) < 4.78 is 14.8. The van der Waals surface area contributed by atoms with Crippen molar-refractivity contribution in [3.05, 3.63) is 71.8 Å². The summed E-state index contributed by atoms with van der Waals surface area (Å²) in [6.45, 7) is 4.57. The molecule has 0 N–H and O–H groups in total. The number of para-hydroxylation sites is 1. The molecular weight excluding hydrogens is 375 g/mol. The summed E-state index contributed by atoms with van der Waals surface area (Å²) in [6, 6.07) is 16.0. The molecule has 0 bridgehead atoms. The van der Waals surface area contributed by atoms with Gasteiger partial charge in [0.05, 0.1) is 11.4 Å². The Hall–Kier alpha value is -2.67. The summed E-state index contributed by atoms with van der Waals surface area (Å²) in [5.41, 5.74) is 1.83. The molecule has 0 aliphatic rings. The Morgan fingerprint density at radius 3 is 2.46 bits per heavy atom. The van der Waals surface area contributed by atoms with Gasteiger partial charge >= 0.3 is 0 Å². The van der Waals surface area contributed by atoms with E-state index in [0.717, 1.165) is 17.1 Å². The zero-order chi connectivity index (χ0) is 20.1. The number of carbonyl (C=O) groups excluding carboxylic acids is 1. The lowest BCUT2D eigenvalue weighted by molar-refractivity contribution is -0.127. The molecule has 3 rings (SSSR count). The highest BCUT2D eigenvalue weighted by atomic mass is 32.2. The van der Waals surface area contributed by atoms with Crippen LogP contribution in [0.1, 0.15) is 31.2 Å². The standard InChI is InChI=1S/C21H23FN4OS/c1-15(2)20-23-21(24-26(20)18-7-5-4-6-8-18)28-14-19(27)25(3)13-16-9-11-17(22)12-10-16/h4-12,15H,13-14H2,1-3H3. The highest BCUT2D eigenvalue weighted by Gasteiger charge is 2.17. The Bertz CT molecular complexity index is 925. The third-order valence-electron chi connectivity index (χ3n) is 4.21. The first kappa shape index (κ1) is 20.1. The van der Waals surface area contributed by atoms with Crippen molar-refractivity contribution in [1.29, 1.82) is 0 Å². The molecule has 0 fully saturated rings. The molecule has 0 spiro atoms. The Labute approximate surface area is 168 Å². The second-order valence-corrected chi connectivity index (χ2v) is 7.76. The van der Waals surface area contributed by atoms with Crippen LogP contribution in [0.15, 0.2) is 59.8 Å². The quantitative estimate of drug-likeness (QED) is 0.558. The Kier molecular flexibility index (Phi) is 6.46. The first-order valence-electron chi connectivity index (χ1n) is 9.07. The molecule has 0 radical (unpaired) electrons. The van der Waals surface area contributed by atoms with Crippen LogP contribution in [0.4, 0.5) is 4.39 Å². The number of aromatic nitrogens is 3. The van der Waals surface area contributed by atoms with Gasteiger partial charge in [0.1, 0.15) is 11.6 Å². The normalized spacial score (nSPS) is 11.0. The molecule has 28 heavy (non-hydrogen) atoms. The first-order valence-corrected chi connectivity index (χ1v) is 10.1. The zero-order valence-corrected chi connectivity index (χ0v) is 17.0. The molecule has 1 amide bonds. The summed E-state index contributed by atoms with van der Waals surface area (Å²) in [4.78, 5) is 18.7. The number of hydrogen-bond acceptors (Lipinski definition) is 4. The summed E-state index contributed by atoms with van der Waals surface area (Å²) in [5.74, 6) is 0.999. The fourth-order valence-electron chi connectivity index (χ4n) is 2.69. The minimum absolute atomic E-state index is 0.0310. The predicted octanol–water partition coefficient (Wildman–Crippen LogP) is 4.28. The molecule has 0 atom stereocenters. The van der Waals surface area contributed by atoms with Crippen LogP contribution >= 0.6 is 11.8 Å². The number of carbonyl (C=O) groups is 1. The third kappa shape index (κ3) is 4.98. The van der Waals surface area contributed by atoms with E-state index in [4.69, 9.17) is 0 Å². The van der Waals surface area contributed by atoms with Gasteiger partial charge in [-0.05, 0) is 29.8 Å². The highest BCUT2D eigenvalue weighted by Crippen LogP contribution is 2.22. The van der Waals surface area contributed by atoms with Crippen LogP contribution in [0.2, 0.25) is 0 Å². The molecule has 5 nitrogen and oxygen atoms in total. The molecule has 146 valence electrons. The van der Waals surface area contributed by atoms with Crippen LogP contribution < -0.4 is 0 Å². The average Bonchev–Trinajstić information content (AvgIpc) is 3.13. The van der Waals surface area contributed by atoms with E-state index in [1.165, 1.54) is 23.9 Å². The number of hydrogen-bond donors (Lipinski definition) is 0. The molecule has 3 aromatic rings. The van der Waals surface area contributed by atoms with Crippen molar-refractivity contribution in [2.45, 2.75) is 31.5 Å². The maximum atomic E-state index is 13.0. The molecule has 2 aromatic carbocycles. The van der Waals surface area contributed by atoms with E-state index in [-0.39, 0.29) is 23.4 Å². The zero-order valence-electron chi connectivity index (χ0n) is 16.2. The minimum atomic E-state index is -0.283. The van der Waals surface area contributed by atoms with Crippen LogP contribution in [0.25, 0.3) is 5.69 Å². The molecule has 1 heterocycles. The summed E-state index contributed by atoms with van der Waals surface area (Å²) >= 11 is 1.32. The van der Waals surface area contributed by atoms with Crippen molar-refractivity contribution in [2.24, 2.45) is 0 Å². The Balaban J connectivity index is 1.65. The molecular formula is C21H23FN4OS. The number of rotatable bonds is 7. The van der Waals surface area contributed by atoms with Gasteiger partial charge in [0.15, 0.2) is 0 Å². The molecule has 0 saturated heterocycles. The van der Waals surface area contributed by atoms with Gasteiger partial charge in [-0.25, -0.2) is 14.1 Å². The van der Waals surface area contributed by atoms with E-state index in [1.807, 2.05) is 35.0 Å². The van der Waals surface area contributed by atoms with Gasteiger partial charge in [-0.15, -0.1) is 5.10 Å². The van der Waals surface area contributed by atoms with Gasteiger partial charge in [0, 0.05) is 19.5 Å².